The van der Waals surface area contributed by atoms with Crippen LogP contribution in [0.3, 0.4) is 0 Å². The summed E-state index contributed by atoms with van der Waals surface area (Å²) in [5.74, 6) is -1.98. The van der Waals surface area contributed by atoms with Crippen molar-refractivity contribution in [3.8, 4) is 0 Å². The number of methoxy groups -OCH3 is 1. The number of pyridine rings is 1. The van der Waals surface area contributed by atoms with Gasteiger partial charge in [-0.2, -0.15) is 0 Å². The molecule has 16 heavy (non-hydrogen) atoms. The number of aromatic nitrogens is 1. The summed E-state index contributed by atoms with van der Waals surface area (Å²) in [7, 11) is 1.47. The van der Waals surface area contributed by atoms with Crippen molar-refractivity contribution in [2.45, 2.75) is 0 Å². The number of hydrogen-bond donors (Lipinski definition) is 1. The van der Waals surface area contributed by atoms with E-state index in [-0.39, 0.29) is 24.5 Å². The van der Waals surface area contributed by atoms with Crippen molar-refractivity contribution >= 4 is 11.9 Å². The van der Waals surface area contributed by atoms with E-state index in [1.54, 1.807) is 0 Å². The van der Waals surface area contributed by atoms with Crippen LogP contribution in [0.5, 0.6) is 0 Å². The molecule has 0 atom stereocenters. The van der Waals surface area contributed by atoms with E-state index in [1.807, 2.05) is 0 Å². The molecule has 0 aliphatic heterocycles. The summed E-state index contributed by atoms with van der Waals surface area (Å²) in [4.78, 5) is 25.9. The van der Waals surface area contributed by atoms with Crippen molar-refractivity contribution in [3.05, 3.63) is 29.6 Å². The van der Waals surface area contributed by atoms with Crippen molar-refractivity contribution < 1.29 is 24.2 Å². The fourth-order valence-electron chi connectivity index (χ4n) is 1.03. The second kappa shape index (κ2) is 5.82. The van der Waals surface area contributed by atoms with Gasteiger partial charge in [-0.25, -0.2) is 14.6 Å². The smallest absolute Gasteiger partial charge is 0.357 e. The number of carboxylic acids is 1. The third-order valence-electron chi connectivity index (χ3n) is 1.75. The first-order valence-corrected chi connectivity index (χ1v) is 4.51. The van der Waals surface area contributed by atoms with Gasteiger partial charge in [0.25, 0.3) is 0 Å². The van der Waals surface area contributed by atoms with Crippen molar-refractivity contribution in [1.82, 2.24) is 4.98 Å². The maximum Gasteiger partial charge on any atom is 0.357 e. The minimum absolute atomic E-state index is 0.0605. The molecule has 0 saturated carbocycles. The van der Waals surface area contributed by atoms with Crippen LogP contribution < -0.4 is 0 Å². The van der Waals surface area contributed by atoms with E-state index in [0.717, 1.165) is 0 Å². The zero-order chi connectivity index (χ0) is 12.0. The van der Waals surface area contributed by atoms with Gasteiger partial charge in [-0.05, 0) is 12.1 Å². The van der Waals surface area contributed by atoms with Crippen LogP contribution in [-0.4, -0.2) is 42.4 Å². The molecule has 0 aromatic carbocycles. The zero-order valence-electron chi connectivity index (χ0n) is 8.67. The summed E-state index contributed by atoms with van der Waals surface area (Å²) in [6, 6.07) is 2.73. The van der Waals surface area contributed by atoms with Crippen molar-refractivity contribution in [3.63, 3.8) is 0 Å². The topological polar surface area (TPSA) is 85.7 Å². The Morgan fingerprint density at radius 2 is 2.19 bits per heavy atom. The third kappa shape index (κ3) is 3.03. The monoisotopic (exact) mass is 225 g/mol. The first kappa shape index (κ1) is 12.1. The highest BCUT2D eigenvalue weighted by Crippen LogP contribution is 2.06. The number of aromatic carboxylic acids is 1. The minimum Gasteiger partial charge on any atom is -0.478 e. The van der Waals surface area contributed by atoms with Gasteiger partial charge in [0.05, 0.1) is 12.2 Å². The lowest BCUT2D eigenvalue weighted by Gasteiger charge is -2.05. The fourth-order valence-corrected chi connectivity index (χ4v) is 1.03. The third-order valence-corrected chi connectivity index (χ3v) is 1.75. The lowest BCUT2D eigenvalue weighted by Crippen LogP contribution is -2.15. The van der Waals surface area contributed by atoms with Gasteiger partial charge >= 0.3 is 11.9 Å². The molecule has 6 heteroatoms. The zero-order valence-corrected chi connectivity index (χ0v) is 8.67. The molecule has 1 rings (SSSR count). The average molecular weight is 225 g/mol. The molecular weight excluding hydrogens is 214 g/mol. The normalized spacial score (nSPS) is 9.81. The Bertz CT molecular complexity index is 391. The summed E-state index contributed by atoms with van der Waals surface area (Å²) >= 11 is 0. The molecule has 0 fully saturated rings. The Morgan fingerprint density at radius 3 is 2.81 bits per heavy atom. The maximum absolute atomic E-state index is 11.4. The van der Waals surface area contributed by atoms with Crippen LogP contribution >= 0.6 is 0 Å². The van der Waals surface area contributed by atoms with E-state index in [2.05, 4.69) is 4.98 Å². The van der Waals surface area contributed by atoms with E-state index in [4.69, 9.17) is 14.6 Å². The van der Waals surface area contributed by atoms with Crippen LogP contribution in [0, 0.1) is 0 Å². The van der Waals surface area contributed by atoms with Crippen molar-refractivity contribution in [2.75, 3.05) is 20.3 Å². The molecule has 0 unspecified atom stereocenters. The van der Waals surface area contributed by atoms with Gasteiger partial charge in [-0.15, -0.1) is 0 Å². The van der Waals surface area contributed by atoms with E-state index in [0.29, 0.717) is 0 Å². The minimum atomic E-state index is -1.22. The number of carbonyl (C=O) groups excluding carboxylic acids is 1. The standard InChI is InChI=1S/C10H11NO5/c1-15-5-6-16-10(14)8-7(9(12)13)3-2-4-11-8/h2-4H,5-6H2,1H3,(H,12,13). The van der Waals surface area contributed by atoms with Crippen LogP contribution in [0.2, 0.25) is 0 Å². The average Bonchev–Trinajstić information content (AvgIpc) is 2.29. The molecule has 1 heterocycles. The summed E-state index contributed by atoms with van der Waals surface area (Å²) in [6.45, 7) is 0.311. The quantitative estimate of drug-likeness (QED) is 0.582. The fraction of sp³-hybridized carbons (Fsp3) is 0.300. The molecule has 0 amide bonds. The molecule has 0 saturated heterocycles. The van der Waals surface area contributed by atoms with E-state index >= 15 is 0 Å². The molecule has 1 aromatic heterocycles. The molecule has 1 aromatic rings. The van der Waals surface area contributed by atoms with Crippen molar-refractivity contribution in [2.24, 2.45) is 0 Å². The summed E-state index contributed by atoms with van der Waals surface area (Å²) in [5, 5.41) is 8.81. The summed E-state index contributed by atoms with van der Waals surface area (Å²) < 4.78 is 9.46. The summed E-state index contributed by atoms with van der Waals surface area (Å²) in [6.07, 6.45) is 1.33. The number of carboxylic acid groups (broad SMARTS) is 1. The largest absolute Gasteiger partial charge is 0.478 e. The lowest BCUT2D eigenvalue weighted by molar-refractivity contribution is 0.0375. The molecule has 0 spiro atoms. The van der Waals surface area contributed by atoms with Gasteiger partial charge in [0.1, 0.15) is 6.61 Å². The Balaban J connectivity index is 2.78. The Labute approximate surface area is 91.8 Å². The first-order valence-electron chi connectivity index (χ1n) is 4.51. The van der Waals surface area contributed by atoms with Gasteiger partial charge in [0, 0.05) is 13.3 Å². The predicted octanol–water partition coefficient (Wildman–Crippen LogP) is 0.583. The van der Waals surface area contributed by atoms with Gasteiger partial charge in [-0.3, -0.25) is 0 Å². The Kier molecular flexibility index (Phi) is 4.41. The van der Waals surface area contributed by atoms with Gasteiger partial charge in [-0.1, -0.05) is 0 Å². The molecule has 1 N–H and O–H groups in total. The SMILES string of the molecule is COCCOC(=O)c1ncccc1C(=O)O. The predicted molar refractivity (Wildman–Crippen MR) is 53.4 cm³/mol. The maximum atomic E-state index is 11.4. The summed E-state index contributed by atoms with van der Waals surface area (Å²) in [5.41, 5.74) is -0.379. The lowest BCUT2D eigenvalue weighted by atomic mass is 10.2. The van der Waals surface area contributed by atoms with Crippen LogP contribution in [-0.2, 0) is 9.47 Å². The molecule has 0 radical (unpaired) electrons. The molecule has 0 aliphatic carbocycles. The Morgan fingerprint density at radius 1 is 1.44 bits per heavy atom. The number of nitrogens with zero attached hydrogens (tertiary/aromatic N) is 1. The van der Waals surface area contributed by atoms with Crippen LogP contribution in [0.4, 0.5) is 0 Å². The number of ether oxygens (including phenoxy) is 2. The van der Waals surface area contributed by atoms with Crippen LogP contribution in [0.15, 0.2) is 18.3 Å². The number of hydrogen-bond acceptors (Lipinski definition) is 5. The van der Waals surface area contributed by atoms with E-state index in [9.17, 15) is 9.59 Å². The first-order chi connectivity index (χ1) is 7.66. The van der Waals surface area contributed by atoms with Gasteiger partial charge < -0.3 is 14.6 Å². The van der Waals surface area contributed by atoms with Crippen LogP contribution in [0.25, 0.3) is 0 Å². The molecule has 0 aliphatic rings. The van der Waals surface area contributed by atoms with Crippen LogP contribution in [0.1, 0.15) is 20.8 Å². The number of esters is 1. The molecule has 0 bridgehead atoms. The van der Waals surface area contributed by atoms with Gasteiger partial charge in [0.15, 0.2) is 5.69 Å². The highest BCUT2D eigenvalue weighted by atomic mass is 16.6. The molecule has 86 valence electrons. The van der Waals surface area contributed by atoms with Crippen molar-refractivity contribution in [1.29, 1.82) is 0 Å². The van der Waals surface area contributed by atoms with Gasteiger partial charge in [0.2, 0.25) is 0 Å². The number of carbonyl (C=O) groups is 2. The molecule has 6 nitrogen and oxygen atoms in total. The van der Waals surface area contributed by atoms with E-state index in [1.165, 1.54) is 25.4 Å². The Hall–Kier alpha value is -1.95. The second-order valence-corrected chi connectivity index (χ2v) is 2.83. The number of rotatable bonds is 5. The molecular formula is C10H11NO5. The second-order valence-electron chi connectivity index (χ2n) is 2.83. The highest BCUT2D eigenvalue weighted by Gasteiger charge is 2.18. The van der Waals surface area contributed by atoms with E-state index < -0.39 is 11.9 Å². The highest BCUT2D eigenvalue weighted by molar-refractivity contribution is 6.00.